The predicted octanol–water partition coefficient (Wildman–Crippen LogP) is 2.24. The Bertz CT molecular complexity index is 456. The van der Waals surface area contributed by atoms with Crippen molar-refractivity contribution in [1.29, 1.82) is 0 Å². The molecule has 1 fully saturated rings. The number of anilines is 1. The van der Waals surface area contributed by atoms with E-state index < -0.39 is 0 Å². The van der Waals surface area contributed by atoms with Crippen LogP contribution in [0.25, 0.3) is 0 Å². The molecule has 1 N–H and O–H groups in total. The maximum absolute atomic E-state index is 11.5. The highest BCUT2D eigenvalue weighted by molar-refractivity contribution is 5.73. The van der Waals surface area contributed by atoms with Crippen LogP contribution in [0.3, 0.4) is 0 Å². The molecule has 4 heteroatoms. The molecule has 0 bridgehead atoms. The third-order valence-electron chi connectivity index (χ3n) is 3.96. The molecule has 2 rings (SSSR count). The summed E-state index contributed by atoms with van der Waals surface area (Å²) in [6.07, 6.45) is 1.04. The average Bonchev–Trinajstić information content (AvgIpc) is 2.71. The van der Waals surface area contributed by atoms with Gasteiger partial charge in [0.1, 0.15) is 0 Å². The SMILES string of the molecule is CC(=O)N1CCCN(c2ccc(CNC(C)C)cc2)CC1. The summed E-state index contributed by atoms with van der Waals surface area (Å²) < 4.78 is 0. The molecule has 0 aliphatic carbocycles. The fourth-order valence-electron chi connectivity index (χ4n) is 2.64. The molecule has 1 aliphatic rings. The van der Waals surface area contributed by atoms with E-state index in [0.717, 1.165) is 39.1 Å². The zero-order chi connectivity index (χ0) is 15.2. The Labute approximate surface area is 128 Å². The number of amides is 1. The van der Waals surface area contributed by atoms with Crippen LogP contribution >= 0.6 is 0 Å². The van der Waals surface area contributed by atoms with Crippen LogP contribution in [0.2, 0.25) is 0 Å². The van der Waals surface area contributed by atoms with Gasteiger partial charge in [-0.25, -0.2) is 0 Å². The van der Waals surface area contributed by atoms with E-state index in [2.05, 4.69) is 48.3 Å². The summed E-state index contributed by atoms with van der Waals surface area (Å²) in [6.45, 7) is 10.5. The highest BCUT2D eigenvalue weighted by Gasteiger charge is 2.16. The molecule has 1 aromatic rings. The quantitative estimate of drug-likeness (QED) is 0.923. The fraction of sp³-hybridized carbons (Fsp3) is 0.588. The van der Waals surface area contributed by atoms with E-state index >= 15 is 0 Å². The highest BCUT2D eigenvalue weighted by Crippen LogP contribution is 2.17. The molecule has 1 heterocycles. The van der Waals surface area contributed by atoms with Crippen LogP contribution in [0.4, 0.5) is 5.69 Å². The number of nitrogens with zero attached hydrogens (tertiary/aromatic N) is 2. The topological polar surface area (TPSA) is 35.6 Å². The molecule has 4 nitrogen and oxygen atoms in total. The number of nitrogens with one attached hydrogen (secondary N) is 1. The van der Waals surface area contributed by atoms with Gasteiger partial charge in [0.15, 0.2) is 0 Å². The molecule has 21 heavy (non-hydrogen) atoms. The van der Waals surface area contributed by atoms with Crippen LogP contribution in [0.15, 0.2) is 24.3 Å². The lowest BCUT2D eigenvalue weighted by atomic mass is 10.2. The molecule has 0 radical (unpaired) electrons. The van der Waals surface area contributed by atoms with Crippen molar-refractivity contribution in [1.82, 2.24) is 10.2 Å². The third kappa shape index (κ3) is 4.74. The molecule has 0 atom stereocenters. The first kappa shape index (κ1) is 15.8. The Morgan fingerprint density at radius 2 is 1.86 bits per heavy atom. The fourth-order valence-corrected chi connectivity index (χ4v) is 2.64. The van der Waals surface area contributed by atoms with Crippen molar-refractivity contribution < 1.29 is 4.79 Å². The van der Waals surface area contributed by atoms with Gasteiger partial charge in [-0.3, -0.25) is 4.79 Å². The lowest BCUT2D eigenvalue weighted by molar-refractivity contribution is -0.128. The van der Waals surface area contributed by atoms with Crippen molar-refractivity contribution in [2.24, 2.45) is 0 Å². The zero-order valence-electron chi connectivity index (χ0n) is 13.4. The maximum Gasteiger partial charge on any atom is 0.219 e. The van der Waals surface area contributed by atoms with Crippen molar-refractivity contribution in [3.05, 3.63) is 29.8 Å². The number of benzene rings is 1. The standard InChI is InChI=1S/C17H27N3O/c1-14(2)18-13-16-5-7-17(8-6-16)20-10-4-9-19(11-12-20)15(3)21/h5-8,14,18H,4,9-13H2,1-3H3. The molecule has 1 saturated heterocycles. The van der Waals surface area contributed by atoms with Crippen molar-refractivity contribution in [3.63, 3.8) is 0 Å². The van der Waals surface area contributed by atoms with Gasteiger partial charge in [0.25, 0.3) is 0 Å². The second-order valence-corrected chi connectivity index (χ2v) is 6.05. The van der Waals surface area contributed by atoms with Crippen LogP contribution in [-0.2, 0) is 11.3 Å². The summed E-state index contributed by atoms with van der Waals surface area (Å²) in [5.41, 5.74) is 2.57. The van der Waals surface area contributed by atoms with Gasteiger partial charge in [-0.05, 0) is 24.1 Å². The Kier molecular flexibility index (Phi) is 5.62. The normalized spacial score (nSPS) is 16.2. The summed E-state index contributed by atoms with van der Waals surface area (Å²) in [5.74, 6) is 0.187. The van der Waals surface area contributed by atoms with E-state index in [9.17, 15) is 4.79 Å². The van der Waals surface area contributed by atoms with Gasteiger partial charge in [0, 0.05) is 51.4 Å². The summed E-state index contributed by atoms with van der Waals surface area (Å²) >= 11 is 0. The first-order chi connectivity index (χ1) is 10.1. The van der Waals surface area contributed by atoms with Gasteiger partial charge >= 0.3 is 0 Å². The minimum atomic E-state index is 0.187. The molecular weight excluding hydrogens is 262 g/mol. The van der Waals surface area contributed by atoms with Crippen molar-refractivity contribution >= 4 is 11.6 Å². The van der Waals surface area contributed by atoms with Gasteiger partial charge in [-0.1, -0.05) is 26.0 Å². The van der Waals surface area contributed by atoms with E-state index in [1.54, 1.807) is 6.92 Å². The van der Waals surface area contributed by atoms with Gasteiger partial charge in [-0.15, -0.1) is 0 Å². The molecule has 0 aromatic heterocycles. The predicted molar refractivity (Wildman–Crippen MR) is 87.5 cm³/mol. The molecule has 1 aromatic carbocycles. The summed E-state index contributed by atoms with van der Waals surface area (Å²) in [5, 5.41) is 3.43. The summed E-state index contributed by atoms with van der Waals surface area (Å²) in [6, 6.07) is 9.28. The Morgan fingerprint density at radius 1 is 1.14 bits per heavy atom. The maximum atomic E-state index is 11.5. The largest absolute Gasteiger partial charge is 0.370 e. The third-order valence-corrected chi connectivity index (χ3v) is 3.96. The van der Waals surface area contributed by atoms with Gasteiger partial charge in [0.05, 0.1) is 0 Å². The number of rotatable bonds is 4. The molecule has 0 saturated carbocycles. The second kappa shape index (κ2) is 7.46. The minimum Gasteiger partial charge on any atom is -0.370 e. The molecule has 0 spiro atoms. The Hall–Kier alpha value is -1.55. The second-order valence-electron chi connectivity index (χ2n) is 6.05. The molecule has 116 valence electrons. The van der Waals surface area contributed by atoms with Gasteiger partial charge in [-0.2, -0.15) is 0 Å². The van der Waals surface area contributed by atoms with Crippen LogP contribution in [0.5, 0.6) is 0 Å². The number of carbonyl (C=O) groups excluding carboxylic acids is 1. The molecule has 1 amide bonds. The summed E-state index contributed by atoms with van der Waals surface area (Å²) in [4.78, 5) is 15.8. The lowest BCUT2D eigenvalue weighted by Gasteiger charge is -2.23. The van der Waals surface area contributed by atoms with Crippen LogP contribution in [-0.4, -0.2) is 43.0 Å². The van der Waals surface area contributed by atoms with Crippen LogP contribution < -0.4 is 10.2 Å². The monoisotopic (exact) mass is 289 g/mol. The summed E-state index contributed by atoms with van der Waals surface area (Å²) in [7, 11) is 0. The Morgan fingerprint density at radius 3 is 2.48 bits per heavy atom. The molecule has 0 unspecified atom stereocenters. The average molecular weight is 289 g/mol. The van der Waals surface area contributed by atoms with E-state index in [-0.39, 0.29) is 5.91 Å². The highest BCUT2D eigenvalue weighted by atomic mass is 16.2. The lowest BCUT2D eigenvalue weighted by Crippen LogP contribution is -2.33. The van der Waals surface area contributed by atoms with E-state index in [1.165, 1.54) is 11.3 Å². The number of hydrogen-bond acceptors (Lipinski definition) is 3. The van der Waals surface area contributed by atoms with Crippen molar-refractivity contribution in [2.45, 2.75) is 39.8 Å². The van der Waals surface area contributed by atoms with Crippen molar-refractivity contribution in [2.75, 3.05) is 31.1 Å². The molecular formula is C17H27N3O. The van der Waals surface area contributed by atoms with Gasteiger partial charge < -0.3 is 15.1 Å². The zero-order valence-corrected chi connectivity index (χ0v) is 13.4. The van der Waals surface area contributed by atoms with Gasteiger partial charge in [0.2, 0.25) is 5.91 Å². The van der Waals surface area contributed by atoms with E-state index in [0.29, 0.717) is 6.04 Å². The molecule has 1 aliphatic heterocycles. The minimum absolute atomic E-state index is 0.187. The van der Waals surface area contributed by atoms with Crippen molar-refractivity contribution in [3.8, 4) is 0 Å². The van der Waals surface area contributed by atoms with E-state index in [4.69, 9.17) is 0 Å². The smallest absolute Gasteiger partial charge is 0.219 e. The first-order valence-corrected chi connectivity index (χ1v) is 7.89. The van der Waals surface area contributed by atoms with Crippen LogP contribution in [0.1, 0.15) is 32.8 Å². The van der Waals surface area contributed by atoms with E-state index in [1.807, 2.05) is 4.90 Å². The first-order valence-electron chi connectivity index (χ1n) is 7.89. The van der Waals surface area contributed by atoms with Crippen LogP contribution in [0, 0.1) is 0 Å². The number of carbonyl (C=O) groups is 1. The number of hydrogen-bond donors (Lipinski definition) is 1. The Balaban J connectivity index is 1.94.